The van der Waals surface area contributed by atoms with Gasteiger partial charge in [0.15, 0.2) is 5.82 Å². The minimum atomic E-state index is -2.78. The second kappa shape index (κ2) is 10.7. The van der Waals surface area contributed by atoms with Gasteiger partial charge in [-0.15, -0.1) is 0 Å². The predicted octanol–water partition coefficient (Wildman–Crippen LogP) is 4.06. The van der Waals surface area contributed by atoms with Crippen LogP contribution >= 0.6 is 0 Å². The molecule has 2 heterocycles. The molecule has 1 saturated heterocycles. The number of methoxy groups -OCH3 is 1. The smallest absolute Gasteiger partial charge is 0.306 e. The van der Waals surface area contributed by atoms with Crippen LogP contribution in [-0.4, -0.2) is 60.4 Å². The molecule has 174 valence electrons. The molecule has 1 aromatic carbocycles. The molecule has 0 saturated carbocycles. The normalized spacial score (nSPS) is 15.1. The van der Waals surface area contributed by atoms with E-state index in [0.29, 0.717) is 62.1 Å². The summed E-state index contributed by atoms with van der Waals surface area (Å²) in [5, 5.41) is 9.28. The van der Waals surface area contributed by atoms with Crippen molar-refractivity contribution in [2.45, 2.75) is 38.5 Å². The summed E-state index contributed by atoms with van der Waals surface area (Å²) < 4.78 is 37.3. The summed E-state index contributed by atoms with van der Waals surface area (Å²) in [6.45, 7) is 2.86. The molecule has 0 amide bonds. The predicted molar refractivity (Wildman–Crippen MR) is 116 cm³/mol. The first-order valence-corrected chi connectivity index (χ1v) is 10.7. The van der Waals surface area contributed by atoms with Gasteiger partial charge in [0.2, 0.25) is 5.92 Å². The molecule has 2 aromatic rings. The van der Waals surface area contributed by atoms with Gasteiger partial charge in [-0.3, -0.25) is 9.78 Å². The van der Waals surface area contributed by atoms with E-state index in [1.54, 1.807) is 7.11 Å². The molecule has 0 bridgehead atoms. The van der Waals surface area contributed by atoms with Crippen molar-refractivity contribution in [2.24, 2.45) is 5.92 Å². The summed E-state index contributed by atoms with van der Waals surface area (Å²) in [5.74, 6) is -2.66. The lowest BCUT2D eigenvalue weighted by Crippen LogP contribution is -2.37. The standard InChI is InChI=1S/C23H29F2N3O4/c1-23(24,25)10-7-18-15-26-20(16-3-5-19(6-4-16)32-14-13-31-2)21(27-18)28-11-8-17(9-12-28)22(29)30/h3-6,15,17H,7-14H2,1-2H3,(H,29,30). The summed E-state index contributed by atoms with van der Waals surface area (Å²) in [4.78, 5) is 22.5. The van der Waals surface area contributed by atoms with E-state index >= 15 is 0 Å². The monoisotopic (exact) mass is 449 g/mol. The van der Waals surface area contributed by atoms with E-state index in [-0.39, 0.29) is 18.8 Å². The molecule has 0 aliphatic carbocycles. The molecule has 0 atom stereocenters. The van der Waals surface area contributed by atoms with E-state index in [2.05, 4.69) is 9.97 Å². The molecular formula is C23H29F2N3O4. The Balaban J connectivity index is 1.85. The number of halogens is 2. The quantitative estimate of drug-likeness (QED) is 0.548. The van der Waals surface area contributed by atoms with E-state index in [0.717, 1.165) is 12.5 Å². The average Bonchev–Trinajstić information content (AvgIpc) is 2.78. The van der Waals surface area contributed by atoms with Crippen molar-refractivity contribution < 1.29 is 28.2 Å². The summed E-state index contributed by atoms with van der Waals surface area (Å²) in [7, 11) is 1.61. The molecule has 7 nitrogen and oxygen atoms in total. The molecule has 1 aromatic heterocycles. The summed E-state index contributed by atoms with van der Waals surface area (Å²) >= 11 is 0. The Labute approximate surface area is 186 Å². The molecule has 1 aliphatic heterocycles. The van der Waals surface area contributed by atoms with Gasteiger partial charge in [-0.1, -0.05) is 0 Å². The number of benzene rings is 1. The first-order chi connectivity index (χ1) is 15.3. The zero-order valence-corrected chi connectivity index (χ0v) is 18.4. The number of aromatic nitrogens is 2. The van der Waals surface area contributed by atoms with Gasteiger partial charge in [0.1, 0.15) is 18.1 Å². The Bertz CT molecular complexity index is 895. The number of hydrogen-bond donors (Lipinski definition) is 1. The highest BCUT2D eigenvalue weighted by atomic mass is 19.3. The molecular weight excluding hydrogens is 420 g/mol. The lowest BCUT2D eigenvalue weighted by atomic mass is 9.97. The number of alkyl halides is 2. The van der Waals surface area contributed by atoms with Crippen molar-refractivity contribution in [2.75, 3.05) is 38.3 Å². The molecule has 32 heavy (non-hydrogen) atoms. The van der Waals surface area contributed by atoms with Crippen LogP contribution in [0.1, 0.15) is 31.9 Å². The Morgan fingerprint density at radius 1 is 1.22 bits per heavy atom. The van der Waals surface area contributed by atoms with Gasteiger partial charge in [-0.2, -0.15) is 0 Å². The number of carboxylic acid groups (broad SMARTS) is 1. The molecule has 3 rings (SSSR count). The maximum atomic E-state index is 13.3. The molecule has 0 spiro atoms. The van der Waals surface area contributed by atoms with Crippen LogP contribution < -0.4 is 9.64 Å². The highest BCUT2D eigenvalue weighted by Crippen LogP contribution is 2.32. The maximum Gasteiger partial charge on any atom is 0.306 e. The highest BCUT2D eigenvalue weighted by Gasteiger charge is 2.28. The Hall–Kier alpha value is -2.81. The van der Waals surface area contributed by atoms with Crippen LogP contribution in [0.15, 0.2) is 30.5 Å². The summed E-state index contributed by atoms with van der Waals surface area (Å²) in [5.41, 5.74) is 1.94. The van der Waals surface area contributed by atoms with Crippen molar-refractivity contribution >= 4 is 11.8 Å². The van der Waals surface area contributed by atoms with Crippen LogP contribution in [0.2, 0.25) is 0 Å². The van der Waals surface area contributed by atoms with Gasteiger partial charge in [0.05, 0.1) is 18.2 Å². The average molecular weight is 449 g/mol. The third-order valence-corrected chi connectivity index (χ3v) is 5.45. The van der Waals surface area contributed by atoms with Crippen LogP contribution in [0.4, 0.5) is 14.6 Å². The van der Waals surface area contributed by atoms with Crippen molar-refractivity contribution in [1.29, 1.82) is 0 Å². The number of anilines is 1. The molecule has 0 radical (unpaired) electrons. The van der Waals surface area contributed by atoms with Crippen LogP contribution in [-0.2, 0) is 16.0 Å². The Morgan fingerprint density at radius 3 is 2.50 bits per heavy atom. The summed E-state index contributed by atoms with van der Waals surface area (Å²) in [6, 6.07) is 7.41. The van der Waals surface area contributed by atoms with Crippen LogP contribution in [0.25, 0.3) is 11.3 Å². The van der Waals surface area contributed by atoms with Crippen molar-refractivity contribution in [3.05, 3.63) is 36.2 Å². The van der Waals surface area contributed by atoms with Crippen LogP contribution in [0, 0.1) is 5.92 Å². The highest BCUT2D eigenvalue weighted by molar-refractivity contribution is 5.74. The Morgan fingerprint density at radius 2 is 1.91 bits per heavy atom. The second-order valence-electron chi connectivity index (χ2n) is 8.07. The maximum absolute atomic E-state index is 13.3. The fraction of sp³-hybridized carbons (Fsp3) is 0.522. The SMILES string of the molecule is COCCOc1ccc(-c2ncc(CCC(C)(F)F)nc2N2CCC(C(=O)O)CC2)cc1. The number of ether oxygens (including phenoxy) is 2. The van der Waals surface area contributed by atoms with E-state index < -0.39 is 11.9 Å². The number of piperidine rings is 1. The number of carbonyl (C=O) groups is 1. The van der Waals surface area contributed by atoms with Gasteiger partial charge < -0.3 is 19.5 Å². The molecule has 1 aliphatic rings. The molecule has 9 heteroatoms. The van der Waals surface area contributed by atoms with Gasteiger partial charge in [-0.05, 0) is 50.5 Å². The van der Waals surface area contributed by atoms with Gasteiger partial charge in [0.25, 0.3) is 0 Å². The van der Waals surface area contributed by atoms with E-state index in [9.17, 15) is 18.7 Å². The third-order valence-electron chi connectivity index (χ3n) is 5.45. The van der Waals surface area contributed by atoms with Crippen molar-refractivity contribution in [1.82, 2.24) is 9.97 Å². The fourth-order valence-electron chi connectivity index (χ4n) is 3.60. The van der Waals surface area contributed by atoms with Gasteiger partial charge in [-0.25, -0.2) is 13.8 Å². The number of carboxylic acids is 1. The zero-order chi connectivity index (χ0) is 23.1. The minimum absolute atomic E-state index is 0.113. The number of aryl methyl sites for hydroxylation is 1. The lowest BCUT2D eigenvalue weighted by molar-refractivity contribution is -0.142. The van der Waals surface area contributed by atoms with Gasteiger partial charge in [0, 0.05) is 38.4 Å². The van der Waals surface area contributed by atoms with Crippen molar-refractivity contribution in [3.63, 3.8) is 0 Å². The Kier molecular flexibility index (Phi) is 7.95. The first kappa shape index (κ1) is 23.8. The fourth-order valence-corrected chi connectivity index (χ4v) is 3.60. The van der Waals surface area contributed by atoms with E-state index in [4.69, 9.17) is 9.47 Å². The first-order valence-electron chi connectivity index (χ1n) is 10.7. The van der Waals surface area contributed by atoms with Crippen LogP contribution in [0.5, 0.6) is 5.75 Å². The zero-order valence-electron chi connectivity index (χ0n) is 18.4. The second-order valence-corrected chi connectivity index (χ2v) is 8.07. The number of nitrogens with zero attached hydrogens (tertiary/aromatic N) is 3. The van der Waals surface area contributed by atoms with E-state index in [1.165, 1.54) is 6.20 Å². The minimum Gasteiger partial charge on any atom is -0.491 e. The van der Waals surface area contributed by atoms with Gasteiger partial charge >= 0.3 is 5.97 Å². The molecule has 1 N–H and O–H groups in total. The lowest BCUT2D eigenvalue weighted by Gasteiger charge is -2.32. The topological polar surface area (TPSA) is 84.8 Å². The van der Waals surface area contributed by atoms with Crippen LogP contribution in [0.3, 0.4) is 0 Å². The number of hydrogen-bond acceptors (Lipinski definition) is 6. The third kappa shape index (κ3) is 6.59. The van der Waals surface area contributed by atoms with E-state index in [1.807, 2.05) is 29.2 Å². The largest absolute Gasteiger partial charge is 0.491 e. The molecule has 0 unspecified atom stereocenters. The molecule has 1 fully saturated rings. The number of rotatable bonds is 10. The summed E-state index contributed by atoms with van der Waals surface area (Å²) in [6.07, 6.45) is 2.34. The number of aliphatic carboxylic acids is 1. The van der Waals surface area contributed by atoms with Crippen molar-refractivity contribution in [3.8, 4) is 17.0 Å².